The molecule has 4 heteroatoms. The van der Waals surface area contributed by atoms with Crippen LogP contribution in [0.2, 0.25) is 0 Å². The highest BCUT2D eigenvalue weighted by Gasteiger charge is 2.59. The highest BCUT2D eigenvalue weighted by atomic mass is 19.1. The van der Waals surface area contributed by atoms with Crippen LogP contribution in [0.3, 0.4) is 0 Å². The zero-order valence-corrected chi connectivity index (χ0v) is 16.6. The van der Waals surface area contributed by atoms with E-state index < -0.39 is 6.17 Å². The first kappa shape index (κ1) is 18.2. The average Bonchev–Trinajstić information content (AvgIpc) is 3.01. The Kier molecular flexibility index (Phi) is 3.95. The second kappa shape index (κ2) is 6.08. The van der Waals surface area contributed by atoms with Crippen LogP contribution in [0.5, 0.6) is 0 Å². The number of hydrogen-bond donors (Lipinski definition) is 0. The standard InChI is InChI=1S/C24H27F2NO/c1-23-8-6-20-17(11-22(26)21-10-16(28)5-7-24(20,21)2)19(23)4-3-18(23)14-9-15(25)13-27-12-14/h3,9-10,12-13,17,19-20,22H,4-8,11H2,1-2H3/t17?,19?,20?,22?,23-,24-/m1/s1. The Morgan fingerprint density at radius 3 is 2.75 bits per heavy atom. The fourth-order valence-corrected chi connectivity index (χ4v) is 7.13. The number of aromatic nitrogens is 1. The number of carbonyl (C=O) groups is 1. The van der Waals surface area contributed by atoms with Crippen molar-refractivity contribution in [3.8, 4) is 0 Å². The largest absolute Gasteiger partial charge is 0.295 e. The highest BCUT2D eigenvalue weighted by Crippen LogP contribution is 2.66. The fourth-order valence-electron chi connectivity index (χ4n) is 7.13. The van der Waals surface area contributed by atoms with E-state index in [2.05, 4.69) is 24.9 Å². The number of alkyl halides is 1. The van der Waals surface area contributed by atoms with Crippen molar-refractivity contribution in [2.24, 2.45) is 28.6 Å². The summed E-state index contributed by atoms with van der Waals surface area (Å²) in [6.07, 6.45) is 10.6. The molecule has 4 aliphatic rings. The molecule has 0 aromatic carbocycles. The molecule has 148 valence electrons. The Labute approximate surface area is 165 Å². The summed E-state index contributed by atoms with van der Waals surface area (Å²) in [6, 6.07) is 1.58. The monoisotopic (exact) mass is 383 g/mol. The van der Waals surface area contributed by atoms with Gasteiger partial charge in [0.05, 0.1) is 6.20 Å². The molecule has 0 aliphatic heterocycles. The lowest BCUT2D eigenvalue weighted by atomic mass is 9.46. The van der Waals surface area contributed by atoms with Crippen molar-refractivity contribution in [3.63, 3.8) is 0 Å². The molecule has 28 heavy (non-hydrogen) atoms. The zero-order chi connectivity index (χ0) is 19.7. The number of hydrogen-bond acceptors (Lipinski definition) is 2. The third-order valence-corrected chi connectivity index (χ3v) is 8.54. The number of carbonyl (C=O) groups excluding carboxylic acids is 1. The Morgan fingerprint density at radius 1 is 1.14 bits per heavy atom. The quantitative estimate of drug-likeness (QED) is 0.623. The first-order valence-corrected chi connectivity index (χ1v) is 10.5. The van der Waals surface area contributed by atoms with Gasteiger partial charge in [-0.1, -0.05) is 19.9 Å². The summed E-state index contributed by atoms with van der Waals surface area (Å²) >= 11 is 0. The first-order valence-electron chi connectivity index (χ1n) is 10.5. The molecule has 0 bridgehead atoms. The van der Waals surface area contributed by atoms with Crippen LogP contribution >= 0.6 is 0 Å². The molecule has 0 N–H and O–H groups in total. The van der Waals surface area contributed by atoms with Gasteiger partial charge in [-0.3, -0.25) is 9.78 Å². The smallest absolute Gasteiger partial charge is 0.155 e. The van der Waals surface area contributed by atoms with E-state index in [1.165, 1.54) is 11.8 Å². The van der Waals surface area contributed by atoms with Crippen LogP contribution in [-0.4, -0.2) is 16.9 Å². The van der Waals surface area contributed by atoms with E-state index in [9.17, 15) is 9.18 Å². The van der Waals surface area contributed by atoms with Gasteiger partial charge in [0.25, 0.3) is 0 Å². The molecule has 1 aromatic heterocycles. The van der Waals surface area contributed by atoms with Gasteiger partial charge >= 0.3 is 0 Å². The zero-order valence-electron chi connectivity index (χ0n) is 16.6. The number of allylic oxidation sites excluding steroid dienone is 4. The molecular weight excluding hydrogens is 356 g/mol. The lowest BCUT2D eigenvalue weighted by Gasteiger charge is -2.58. The summed E-state index contributed by atoms with van der Waals surface area (Å²) < 4.78 is 29.1. The molecule has 4 unspecified atom stereocenters. The van der Waals surface area contributed by atoms with Gasteiger partial charge in [0.1, 0.15) is 12.0 Å². The fraction of sp³-hybridized carbons (Fsp3) is 0.583. The molecule has 6 atom stereocenters. The van der Waals surface area contributed by atoms with Crippen molar-refractivity contribution in [1.29, 1.82) is 0 Å². The minimum absolute atomic E-state index is 0.0571. The van der Waals surface area contributed by atoms with Crippen molar-refractivity contribution in [2.45, 2.75) is 58.5 Å². The number of halogens is 2. The van der Waals surface area contributed by atoms with Crippen LogP contribution in [0.15, 0.2) is 36.2 Å². The Bertz CT molecular complexity index is 906. The number of rotatable bonds is 1. The molecular formula is C24H27F2NO. The predicted molar refractivity (Wildman–Crippen MR) is 105 cm³/mol. The van der Waals surface area contributed by atoms with E-state index in [1.54, 1.807) is 18.3 Å². The summed E-state index contributed by atoms with van der Waals surface area (Å²) in [4.78, 5) is 16.0. The van der Waals surface area contributed by atoms with Gasteiger partial charge in [0.2, 0.25) is 0 Å². The van der Waals surface area contributed by atoms with E-state index >= 15 is 4.39 Å². The summed E-state index contributed by atoms with van der Waals surface area (Å²) in [5.74, 6) is 0.876. The molecule has 1 aromatic rings. The van der Waals surface area contributed by atoms with Crippen LogP contribution in [0.1, 0.15) is 57.9 Å². The van der Waals surface area contributed by atoms with E-state index in [4.69, 9.17) is 0 Å². The van der Waals surface area contributed by atoms with Crippen molar-refractivity contribution >= 4 is 11.4 Å². The lowest BCUT2D eigenvalue weighted by molar-refractivity contribution is -0.117. The minimum Gasteiger partial charge on any atom is -0.295 e. The van der Waals surface area contributed by atoms with Gasteiger partial charge in [0.15, 0.2) is 5.78 Å². The number of pyridine rings is 1. The van der Waals surface area contributed by atoms with Crippen LogP contribution in [0.25, 0.3) is 5.57 Å². The third-order valence-electron chi connectivity index (χ3n) is 8.54. The van der Waals surface area contributed by atoms with Crippen LogP contribution in [-0.2, 0) is 4.79 Å². The Morgan fingerprint density at radius 2 is 1.96 bits per heavy atom. The lowest BCUT2D eigenvalue weighted by Crippen LogP contribution is -2.52. The van der Waals surface area contributed by atoms with Gasteiger partial charge in [-0.05, 0) is 89.5 Å². The molecule has 0 saturated heterocycles. The highest BCUT2D eigenvalue weighted by molar-refractivity contribution is 5.92. The molecule has 1 heterocycles. The van der Waals surface area contributed by atoms with Crippen LogP contribution < -0.4 is 0 Å². The van der Waals surface area contributed by atoms with Crippen LogP contribution in [0, 0.1) is 34.4 Å². The summed E-state index contributed by atoms with van der Waals surface area (Å²) in [5.41, 5.74) is 2.56. The molecule has 5 rings (SSSR count). The average molecular weight is 383 g/mol. The topological polar surface area (TPSA) is 30.0 Å². The summed E-state index contributed by atoms with van der Waals surface area (Å²) in [6.45, 7) is 4.47. The van der Waals surface area contributed by atoms with Crippen molar-refractivity contribution in [2.75, 3.05) is 0 Å². The normalized spacial score (nSPS) is 42.2. The molecule has 2 nitrogen and oxygen atoms in total. The molecule has 2 fully saturated rings. The number of fused-ring (bicyclic) bond motifs is 5. The van der Waals surface area contributed by atoms with Crippen molar-refractivity contribution in [3.05, 3.63) is 47.6 Å². The van der Waals surface area contributed by atoms with E-state index in [0.29, 0.717) is 30.6 Å². The van der Waals surface area contributed by atoms with Gasteiger partial charge in [-0.2, -0.15) is 0 Å². The molecule has 0 spiro atoms. The van der Waals surface area contributed by atoms with E-state index in [-0.39, 0.29) is 22.4 Å². The molecule has 0 radical (unpaired) electrons. The van der Waals surface area contributed by atoms with E-state index in [1.807, 2.05) is 0 Å². The predicted octanol–water partition coefficient (Wildman–Crippen LogP) is 5.69. The molecule has 2 saturated carbocycles. The summed E-state index contributed by atoms with van der Waals surface area (Å²) in [5, 5.41) is 0. The second-order valence-corrected chi connectivity index (χ2v) is 9.77. The maximum absolute atomic E-state index is 15.3. The number of ketones is 1. The SMILES string of the molecule is C[C@]12CCC(=O)C=C1C(F)CC1C2CC[C@]2(C)C(c3cncc(F)c3)=CCC12. The Hall–Kier alpha value is -1.84. The molecule has 0 amide bonds. The summed E-state index contributed by atoms with van der Waals surface area (Å²) in [7, 11) is 0. The van der Waals surface area contributed by atoms with Crippen molar-refractivity contribution in [1.82, 2.24) is 4.98 Å². The van der Waals surface area contributed by atoms with E-state index in [0.717, 1.165) is 36.8 Å². The van der Waals surface area contributed by atoms with Gasteiger partial charge in [-0.15, -0.1) is 0 Å². The van der Waals surface area contributed by atoms with Gasteiger partial charge < -0.3 is 0 Å². The van der Waals surface area contributed by atoms with Gasteiger partial charge in [0, 0.05) is 12.6 Å². The maximum atomic E-state index is 15.3. The molecule has 4 aliphatic carbocycles. The second-order valence-electron chi connectivity index (χ2n) is 9.77. The third kappa shape index (κ3) is 2.42. The number of nitrogens with zero attached hydrogens (tertiary/aromatic N) is 1. The van der Waals surface area contributed by atoms with Crippen LogP contribution in [0.4, 0.5) is 8.78 Å². The van der Waals surface area contributed by atoms with Gasteiger partial charge in [-0.25, -0.2) is 8.78 Å². The first-order chi connectivity index (χ1) is 13.3. The Balaban J connectivity index is 1.50. The van der Waals surface area contributed by atoms with Crippen molar-refractivity contribution < 1.29 is 13.6 Å². The minimum atomic E-state index is -1.02. The maximum Gasteiger partial charge on any atom is 0.155 e.